The van der Waals surface area contributed by atoms with E-state index in [0.717, 1.165) is 22.4 Å². The van der Waals surface area contributed by atoms with Crippen LogP contribution in [-0.2, 0) is 48.2 Å². The highest BCUT2D eigenvalue weighted by atomic mass is 16.7. The van der Waals surface area contributed by atoms with Crippen LogP contribution < -0.4 is 9.47 Å². The van der Waals surface area contributed by atoms with E-state index in [9.17, 15) is 0 Å². The van der Waals surface area contributed by atoms with Crippen LogP contribution in [0.15, 0.2) is 127 Å². The molecule has 0 bridgehead atoms. The normalized spacial score (nSPS) is 26.2. The standard InChI is InChI=1S/C44H48O8/c1-30-43(48-28-33-14-8-5-9-15-33)39(47-29-34-18-19-35-16-10-11-17-36(35)24-34)25-42(49-30)52-44-31(2)50-41(51-38-22-20-37(45-3)21-23-38)26-40(44)46-27-32-12-6-4-7-13-32/h4-24,30-31,39-44H,25-29H2,1-3H3/t30-,31-,39-,40-,41+,42+,43-,44-/m1/s1. The summed E-state index contributed by atoms with van der Waals surface area (Å²) in [7, 11) is 1.64. The molecule has 5 aromatic rings. The molecule has 0 radical (unpaired) electrons. The highest BCUT2D eigenvalue weighted by molar-refractivity contribution is 5.82. The fraction of sp³-hybridized carbons (Fsp3) is 0.364. The second-order valence-electron chi connectivity index (χ2n) is 13.5. The van der Waals surface area contributed by atoms with E-state index in [2.05, 4.69) is 66.7 Å². The maximum atomic E-state index is 6.82. The van der Waals surface area contributed by atoms with Crippen molar-refractivity contribution >= 4 is 10.8 Å². The van der Waals surface area contributed by atoms with Crippen molar-refractivity contribution < 1.29 is 37.9 Å². The number of hydrogen-bond acceptors (Lipinski definition) is 8. The molecule has 5 aromatic carbocycles. The van der Waals surface area contributed by atoms with Crippen molar-refractivity contribution in [2.45, 2.75) is 95.7 Å². The van der Waals surface area contributed by atoms with Gasteiger partial charge in [0.05, 0.1) is 51.3 Å². The molecular weight excluding hydrogens is 656 g/mol. The molecule has 272 valence electrons. The summed E-state index contributed by atoms with van der Waals surface area (Å²) in [4.78, 5) is 0. The van der Waals surface area contributed by atoms with Gasteiger partial charge >= 0.3 is 0 Å². The summed E-state index contributed by atoms with van der Waals surface area (Å²) < 4.78 is 51.2. The lowest BCUT2D eigenvalue weighted by Gasteiger charge is -2.45. The maximum Gasteiger partial charge on any atom is 0.202 e. The molecule has 8 nitrogen and oxygen atoms in total. The number of methoxy groups -OCH3 is 1. The van der Waals surface area contributed by atoms with Crippen LogP contribution in [-0.4, -0.2) is 56.3 Å². The molecule has 0 aromatic heterocycles. The molecule has 2 aliphatic heterocycles. The van der Waals surface area contributed by atoms with Crippen LogP contribution in [0.5, 0.6) is 11.5 Å². The molecule has 0 saturated carbocycles. The molecule has 2 heterocycles. The third-order valence-corrected chi connectivity index (χ3v) is 9.75. The Labute approximate surface area is 306 Å². The molecule has 2 aliphatic rings. The Kier molecular flexibility index (Phi) is 12.1. The molecule has 8 atom stereocenters. The molecule has 8 heteroatoms. The number of ether oxygens (including phenoxy) is 8. The number of rotatable bonds is 14. The average Bonchev–Trinajstić information content (AvgIpc) is 3.18. The molecular formula is C44H48O8. The van der Waals surface area contributed by atoms with Crippen molar-refractivity contribution in [2.24, 2.45) is 0 Å². The predicted octanol–water partition coefficient (Wildman–Crippen LogP) is 8.64. The molecule has 2 fully saturated rings. The summed E-state index contributed by atoms with van der Waals surface area (Å²) in [6, 6.07) is 42.6. The largest absolute Gasteiger partial charge is 0.497 e. The second-order valence-corrected chi connectivity index (χ2v) is 13.5. The van der Waals surface area contributed by atoms with E-state index >= 15 is 0 Å². The zero-order valence-electron chi connectivity index (χ0n) is 30.0. The van der Waals surface area contributed by atoms with Gasteiger partial charge in [-0.05, 0) is 71.6 Å². The topological polar surface area (TPSA) is 73.8 Å². The van der Waals surface area contributed by atoms with E-state index in [1.54, 1.807) is 7.11 Å². The van der Waals surface area contributed by atoms with Crippen LogP contribution in [0.25, 0.3) is 10.8 Å². The van der Waals surface area contributed by atoms with Crippen LogP contribution in [0, 0.1) is 0 Å². The van der Waals surface area contributed by atoms with E-state index in [-0.39, 0.29) is 30.5 Å². The van der Waals surface area contributed by atoms with Crippen molar-refractivity contribution in [1.82, 2.24) is 0 Å². The Morgan fingerprint density at radius 3 is 1.75 bits per heavy atom. The summed E-state index contributed by atoms with van der Waals surface area (Å²) >= 11 is 0. The van der Waals surface area contributed by atoms with E-state index in [1.807, 2.05) is 74.5 Å². The molecule has 52 heavy (non-hydrogen) atoms. The zero-order chi connectivity index (χ0) is 35.7. The van der Waals surface area contributed by atoms with Gasteiger partial charge in [0.15, 0.2) is 6.29 Å². The van der Waals surface area contributed by atoms with Gasteiger partial charge < -0.3 is 37.9 Å². The summed E-state index contributed by atoms with van der Waals surface area (Å²) in [5.41, 5.74) is 3.28. The van der Waals surface area contributed by atoms with E-state index in [4.69, 9.17) is 37.9 Å². The minimum Gasteiger partial charge on any atom is -0.497 e. The number of benzene rings is 5. The molecule has 0 amide bonds. The van der Waals surface area contributed by atoms with Crippen molar-refractivity contribution in [3.63, 3.8) is 0 Å². The van der Waals surface area contributed by atoms with Gasteiger partial charge in [-0.2, -0.15) is 0 Å². The van der Waals surface area contributed by atoms with Gasteiger partial charge in [-0.3, -0.25) is 0 Å². The third-order valence-electron chi connectivity index (χ3n) is 9.75. The Balaban J connectivity index is 1.06. The predicted molar refractivity (Wildman–Crippen MR) is 199 cm³/mol. The van der Waals surface area contributed by atoms with Crippen LogP contribution in [0.4, 0.5) is 0 Å². The average molecular weight is 705 g/mol. The first-order valence-electron chi connectivity index (χ1n) is 18.2. The fourth-order valence-electron chi connectivity index (χ4n) is 6.98. The Bertz CT molecular complexity index is 1820. The minimum atomic E-state index is -0.564. The lowest BCUT2D eigenvalue weighted by molar-refractivity contribution is -0.316. The van der Waals surface area contributed by atoms with Crippen LogP contribution >= 0.6 is 0 Å². The highest BCUT2D eigenvalue weighted by Crippen LogP contribution is 2.34. The summed E-state index contributed by atoms with van der Waals surface area (Å²) in [6.07, 6.45) is -2.09. The maximum absolute atomic E-state index is 6.82. The van der Waals surface area contributed by atoms with Gasteiger partial charge in [-0.25, -0.2) is 0 Å². The van der Waals surface area contributed by atoms with Crippen molar-refractivity contribution in [1.29, 1.82) is 0 Å². The Hall–Kier alpha value is -4.28. The molecule has 2 saturated heterocycles. The van der Waals surface area contributed by atoms with Gasteiger partial charge in [0.2, 0.25) is 6.29 Å². The first-order valence-corrected chi connectivity index (χ1v) is 18.2. The lowest BCUT2D eigenvalue weighted by Crippen LogP contribution is -2.55. The molecule has 0 N–H and O–H groups in total. The second kappa shape index (κ2) is 17.5. The molecule has 7 rings (SSSR count). The van der Waals surface area contributed by atoms with E-state index < -0.39 is 18.7 Å². The summed E-state index contributed by atoms with van der Waals surface area (Å²) in [5, 5.41) is 2.39. The van der Waals surface area contributed by atoms with Gasteiger partial charge in [0.25, 0.3) is 0 Å². The molecule has 0 aliphatic carbocycles. The number of hydrogen-bond donors (Lipinski definition) is 0. The Morgan fingerprint density at radius 1 is 0.519 bits per heavy atom. The highest BCUT2D eigenvalue weighted by Gasteiger charge is 2.44. The lowest BCUT2D eigenvalue weighted by atomic mass is 9.99. The summed E-state index contributed by atoms with van der Waals surface area (Å²) in [5.74, 6) is 1.45. The van der Waals surface area contributed by atoms with Crippen LogP contribution in [0.3, 0.4) is 0 Å². The minimum absolute atomic E-state index is 0.279. The quantitative estimate of drug-likeness (QED) is 0.114. The van der Waals surface area contributed by atoms with Gasteiger partial charge in [-0.15, -0.1) is 0 Å². The van der Waals surface area contributed by atoms with Gasteiger partial charge in [0, 0.05) is 12.8 Å². The zero-order valence-corrected chi connectivity index (χ0v) is 30.0. The Morgan fingerprint density at radius 2 is 1.06 bits per heavy atom. The van der Waals surface area contributed by atoms with Crippen molar-refractivity contribution in [3.05, 3.63) is 144 Å². The third kappa shape index (κ3) is 9.38. The van der Waals surface area contributed by atoms with Gasteiger partial charge in [-0.1, -0.05) is 97.1 Å². The van der Waals surface area contributed by atoms with Gasteiger partial charge in [0.1, 0.15) is 23.7 Å². The van der Waals surface area contributed by atoms with Crippen molar-refractivity contribution in [3.8, 4) is 11.5 Å². The first-order chi connectivity index (χ1) is 25.5. The van der Waals surface area contributed by atoms with Crippen molar-refractivity contribution in [2.75, 3.05) is 7.11 Å². The van der Waals surface area contributed by atoms with Crippen LogP contribution in [0.2, 0.25) is 0 Å². The first kappa shape index (κ1) is 36.1. The molecule has 0 spiro atoms. The van der Waals surface area contributed by atoms with Crippen LogP contribution in [0.1, 0.15) is 43.4 Å². The number of fused-ring (bicyclic) bond motifs is 1. The fourth-order valence-corrected chi connectivity index (χ4v) is 6.98. The molecule has 0 unspecified atom stereocenters. The SMILES string of the molecule is COc1ccc(O[C@H]2C[C@@H](OCc3ccccc3)[C@H](O[C@H]3C[C@@H](OCc4ccc5ccccc5c4)[C@H](OCc4ccccc4)[C@@H](C)O3)[C@@H](C)O2)cc1. The smallest absolute Gasteiger partial charge is 0.202 e. The van der Waals surface area contributed by atoms with E-state index in [1.165, 1.54) is 10.8 Å². The summed E-state index contributed by atoms with van der Waals surface area (Å²) in [6.45, 7) is 5.36. The van der Waals surface area contributed by atoms with E-state index in [0.29, 0.717) is 38.4 Å². The monoisotopic (exact) mass is 704 g/mol.